The zero-order chi connectivity index (χ0) is 21.8. The Morgan fingerprint density at radius 2 is 1.73 bits per heavy atom. The van der Waals surface area contributed by atoms with Crippen LogP contribution in [0.5, 0.6) is 11.5 Å². The maximum atomic E-state index is 12.0. The van der Waals surface area contributed by atoms with Crippen molar-refractivity contribution in [3.63, 3.8) is 0 Å². The molecule has 2 aromatic heterocycles. The lowest BCUT2D eigenvalue weighted by Crippen LogP contribution is -2.25. The molecular formula is C19H18Cl2N4O4S. The number of hydrogen-bond donors (Lipinski definition) is 0. The van der Waals surface area contributed by atoms with Gasteiger partial charge in [0, 0.05) is 48.0 Å². The number of halogens is 2. The average molecular weight is 469 g/mol. The van der Waals surface area contributed by atoms with Crippen LogP contribution < -0.4 is 9.47 Å². The van der Waals surface area contributed by atoms with Crippen molar-refractivity contribution in [1.29, 1.82) is 0 Å². The van der Waals surface area contributed by atoms with Crippen LogP contribution in [0.15, 0.2) is 29.8 Å². The minimum absolute atomic E-state index is 0.213. The topological polar surface area (TPSA) is 96.2 Å². The van der Waals surface area contributed by atoms with Gasteiger partial charge in [-0.15, -0.1) is 0 Å². The van der Waals surface area contributed by atoms with Crippen molar-refractivity contribution < 1.29 is 17.9 Å². The molecule has 0 aliphatic carbocycles. The van der Waals surface area contributed by atoms with E-state index >= 15 is 0 Å². The van der Waals surface area contributed by atoms with Gasteiger partial charge in [0.1, 0.15) is 23.1 Å². The number of hydrogen-bond acceptors (Lipinski definition) is 7. The van der Waals surface area contributed by atoms with Crippen LogP contribution in [0, 0.1) is 0 Å². The number of aromatic nitrogens is 4. The molecule has 8 nitrogen and oxygen atoms in total. The molecule has 0 saturated heterocycles. The molecule has 158 valence electrons. The van der Waals surface area contributed by atoms with Crippen molar-refractivity contribution in [1.82, 2.24) is 19.5 Å². The van der Waals surface area contributed by atoms with E-state index in [0.717, 1.165) is 11.8 Å². The molecule has 11 heteroatoms. The van der Waals surface area contributed by atoms with Crippen LogP contribution in [0.3, 0.4) is 0 Å². The second kappa shape index (κ2) is 7.40. The van der Waals surface area contributed by atoms with Gasteiger partial charge < -0.3 is 9.47 Å². The Balaban J connectivity index is 1.99. The number of nitrogens with zero attached hydrogens (tertiary/aromatic N) is 4. The normalized spacial score (nSPS) is 17.9. The van der Waals surface area contributed by atoms with Gasteiger partial charge in [-0.3, -0.25) is 4.57 Å². The molecule has 3 aromatic rings. The van der Waals surface area contributed by atoms with E-state index in [-0.39, 0.29) is 17.0 Å². The highest BCUT2D eigenvalue weighted by molar-refractivity contribution is 7.90. The predicted molar refractivity (Wildman–Crippen MR) is 112 cm³/mol. The molecule has 1 aliphatic rings. The molecule has 0 spiro atoms. The summed E-state index contributed by atoms with van der Waals surface area (Å²) < 4.78 is 36.5. The highest BCUT2D eigenvalue weighted by Gasteiger charge is 2.39. The summed E-state index contributed by atoms with van der Waals surface area (Å²) in [4.78, 5) is 12.9. The van der Waals surface area contributed by atoms with Gasteiger partial charge in [0.2, 0.25) is 15.0 Å². The molecule has 30 heavy (non-hydrogen) atoms. The van der Waals surface area contributed by atoms with Crippen LogP contribution in [0.25, 0.3) is 5.82 Å². The third kappa shape index (κ3) is 3.12. The molecule has 0 radical (unpaired) electrons. The van der Waals surface area contributed by atoms with E-state index in [9.17, 15) is 8.42 Å². The summed E-state index contributed by atoms with van der Waals surface area (Å²) in [6.45, 7) is 1.96. The summed E-state index contributed by atoms with van der Waals surface area (Å²) in [5, 5.41) is 0.462. The number of fused-ring (bicyclic) bond motifs is 3. The van der Waals surface area contributed by atoms with Crippen LogP contribution in [0.1, 0.15) is 35.7 Å². The quantitative estimate of drug-likeness (QED) is 0.539. The second-order valence-electron chi connectivity index (χ2n) is 6.95. The molecular weight excluding hydrogens is 451 g/mol. The van der Waals surface area contributed by atoms with Crippen molar-refractivity contribution in [2.45, 2.75) is 23.9 Å². The Morgan fingerprint density at radius 3 is 2.30 bits per heavy atom. The first-order chi connectivity index (χ1) is 14.2. The highest BCUT2D eigenvalue weighted by Crippen LogP contribution is 2.52. The van der Waals surface area contributed by atoms with E-state index in [1.807, 2.05) is 6.92 Å². The lowest BCUT2D eigenvalue weighted by Gasteiger charge is -2.32. The van der Waals surface area contributed by atoms with E-state index in [0.29, 0.717) is 38.8 Å². The zero-order valence-electron chi connectivity index (χ0n) is 16.6. The number of rotatable bonds is 4. The molecule has 2 unspecified atom stereocenters. The van der Waals surface area contributed by atoms with E-state index < -0.39 is 9.84 Å². The molecule has 2 atom stereocenters. The number of benzene rings is 1. The third-order valence-electron chi connectivity index (χ3n) is 5.19. The van der Waals surface area contributed by atoms with Crippen LogP contribution >= 0.6 is 23.2 Å². The summed E-state index contributed by atoms with van der Waals surface area (Å²) in [6, 6.07) is 1.63. The van der Waals surface area contributed by atoms with Crippen LogP contribution in [0.2, 0.25) is 10.0 Å². The molecule has 0 fully saturated rings. The van der Waals surface area contributed by atoms with E-state index in [2.05, 4.69) is 15.0 Å². The third-order valence-corrected chi connectivity index (χ3v) is 6.83. The van der Waals surface area contributed by atoms with Crippen LogP contribution in [0.4, 0.5) is 0 Å². The van der Waals surface area contributed by atoms with Gasteiger partial charge >= 0.3 is 0 Å². The Hall–Kier alpha value is -2.36. The van der Waals surface area contributed by atoms with Crippen molar-refractivity contribution in [2.75, 3.05) is 20.5 Å². The standard InChI is InChI=1S/C19H18Cl2N4O4S/c1-9-10-8-23-19(30(4,26)27)24-17(10)25-6-5-22-18(25)13(9)14-15(20)11(28-2)7-12(29-3)16(14)21/h5-9,13H,1-4H3. The second-order valence-corrected chi connectivity index (χ2v) is 9.61. The molecule has 4 rings (SSSR count). The van der Waals surface area contributed by atoms with Gasteiger partial charge in [-0.1, -0.05) is 30.1 Å². The van der Waals surface area contributed by atoms with Crippen LogP contribution in [-0.4, -0.2) is 48.4 Å². The highest BCUT2D eigenvalue weighted by atomic mass is 35.5. The Morgan fingerprint density at radius 1 is 1.10 bits per heavy atom. The van der Waals surface area contributed by atoms with Gasteiger partial charge in [0.25, 0.3) is 0 Å². The maximum absolute atomic E-state index is 12.0. The van der Waals surface area contributed by atoms with Gasteiger partial charge in [-0.05, 0) is 0 Å². The summed E-state index contributed by atoms with van der Waals surface area (Å²) in [7, 11) is -0.541. The fraction of sp³-hybridized carbons (Fsp3) is 0.316. The largest absolute Gasteiger partial charge is 0.495 e. The number of imidazole rings is 1. The lowest BCUT2D eigenvalue weighted by molar-refractivity contribution is 0.392. The first-order valence-electron chi connectivity index (χ1n) is 8.89. The minimum Gasteiger partial charge on any atom is -0.495 e. The SMILES string of the molecule is COc1cc(OC)c(Cl)c(C2c3nccn3-c3nc(S(C)(=O)=O)ncc3C2C)c1Cl. The van der Waals surface area contributed by atoms with Crippen molar-refractivity contribution >= 4 is 33.0 Å². The molecule has 0 saturated carbocycles. The fourth-order valence-electron chi connectivity index (χ4n) is 3.74. The number of sulfone groups is 1. The lowest BCUT2D eigenvalue weighted by atomic mass is 9.80. The molecule has 1 aliphatic heterocycles. The Labute approximate surface area is 183 Å². The van der Waals surface area contributed by atoms with E-state index in [4.69, 9.17) is 32.7 Å². The van der Waals surface area contributed by atoms with Crippen molar-refractivity contribution in [3.05, 3.63) is 51.7 Å². The van der Waals surface area contributed by atoms with Crippen molar-refractivity contribution in [3.8, 4) is 17.3 Å². The average Bonchev–Trinajstić information content (AvgIpc) is 3.19. The monoisotopic (exact) mass is 468 g/mol. The summed E-state index contributed by atoms with van der Waals surface area (Å²) in [6.07, 6.45) is 5.93. The first-order valence-corrected chi connectivity index (χ1v) is 11.5. The number of methoxy groups -OCH3 is 2. The Kier molecular flexibility index (Phi) is 5.16. The first kappa shape index (κ1) is 20.9. The zero-order valence-corrected chi connectivity index (χ0v) is 18.9. The van der Waals surface area contributed by atoms with E-state index in [1.165, 1.54) is 20.4 Å². The van der Waals surface area contributed by atoms with Crippen molar-refractivity contribution in [2.24, 2.45) is 0 Å². The minimum atomic E-state index is -3.57. The van der Waals surface area contributed by atoms with Gasteiger partial charge in [-0.2, -0.15) is 4.98 Å². The summed E-state index contributed by atoms with van der Waals surface area (Å²) in [5.41, 5.74) is 1.35. The molecule has 0 amide bonds. The number of ether oxygens (including phenoxy) is 2. The molecule has 3 heterocycles. The molecule has 1 aromatic carbocycles. The van der Waals surface area contributed by atoms with E-state index in [1.54, 1.807) is 23.0 Å². The predicted octanol–water partition coefficient (Wildman–Crippen LogP) is 3.64. The van der Waals surface area contributed by atoms with Crippen LogP contribution in [-0.2, 0) is 9.84 Å². The maximum Gasteiger partial charge on any atom is 0.248 e. The van der Waals surface area contributed by atoms with Gasteiger partial charge in [0.15, 0.2) is 0 Å². The molecule has 0 bridgehead atoms. The summed E-state index contributed by atoms with van der Waals surface area (Å²) in [5.74, 6) is 1.34. The smallest absolute Gasteiger partial charge is 0.248 e. The van der Waals surface area contributed by atoms with Gasteiger partial charge in [-0.25, -0.2) is 18.4 Å². The Bertz CT molecular complexity index is 1230. The summed E-state index contributed by atoms with van der Waals surface area (Å²) >= 11 is 13.3. The fourth-order valence-corrected chi connectivity index (χ4v) is 4.98. The molecule has 0 N–H and O–H groups in total. The van der Waals surface area contributed by atoms with Gasteiger partial charge in [0.05, 0.1) is 30.2 Å².